The summed E-state index contributed by atoms with van der Waals surface area (Å²) in [6, 6.07) is 0. The zero-order valence-corrected chi connectivity index (χ0v) is 23.5. The van der Waals surface area contributed by atoms with Crippen molar-refractivity contribution in [1.29, 1.82) is 0 Å². The van der Waals surface area contributed by atoms with E-state index in [9.17, 15) is 24.0 Å². The Labute approximate surface area is 237 Å². The highest BCUT2D eigenvalue weighted by atomic mass is 17.2. The monoisotopic (exact) mass is 598 g/mol. The molecule has 0 saturated carbocycles. The van der Waals surface area contributed by atoms with Gasteiger partial charge in [-0.15, -0.1) is 0 Å². The van der Waals surface area contributed by atoms with E-state index in [-0.39, 0.29) is 48.7 Å². The molecule has 0 unspecified atom stereocenters. The number of aliphatic hydroxyl groups excluding tert-OH is 6. The zero-order chi connectivity index (χ0) is 34.3. The van der Waals surface area contributed by atoms with Gasteiger partial charge in [-0.05, 0) is 27.7 Å². The Kier molecular flexibility index (Phi) is 41.0. The molecule has 0 aliphatic heterocycles. The molecule has 0 saturated heterocycles. The summed E-state index contributed by atoms with van der Waals surface area (Å²) in [7, 11) is 0. The molecule has 16 nitrogen and oxygen atoms in total. The highest BCUT2D eigenvalue weighted by molar-refractivity contribution is 5.88. The fourth-order valence-electron chi connectivity index (χ4n) is 0.300. The third-order valence-corrected chi connectivity index (χ3v) is 2.65. The van der Waals surface area contributed by atoms with Gasteiger partial charge in [-0.3, -0.25) is 0 Å². The van der Waals surface area contributed by atoms with Gasteiger partial charge in [0.25, 0.3) is 0 Å². The fourth-order valence-corrected chi connectivity index (χ4v) is 0.300. The second kappa shape index (κ2) is 33.8. The Bertz CT molecular complexity index is 733. The average Bonchev–Trinajstić information content (AvgIpc) is 2.91. The number of carboxylic acids is 3. The van der Waals surface area contributed by atoms with Crippen molar-refractivity contribution in [2.75, 3.05) is 26.4 Å². The molecule has 0 aromatic rings. The van der Waals surface area contributed by atoms with Crippen LogP contribution in [0.25, 0.3) is 0 Å². The number of carbonyl (C=O) groups is 5. The molecule has 0 fully saturated rings. The van der Waals surface area contributed by atoms with Crippen LogP contribution in [0.5, 0.6) is 0 Å². The van der Waals surface area contributed by atoms with E-state index < -0.39 is 42.1 Å². The quantitative estimate of drug-likeness (QED) is 0.0905. The van der Waals surface area contributed by atoms with Gasteiger partial charge < -0.3 is 46.0 Å². The van der Waals surface area contributed by atoms with Gasteiger partial charge in [0, 0.05) is 28.4 Å². The molecule has 0 heterocycles. The highest BCUT2D eigenvalue weighted by Crippen LogP contribution is 1.93. The van der Waals surface area contributed by atoms with Crippen LogP contribution in [0, 0.1) is 0 Å². The van der Waals surface area contributed by atoms with E-state index in [2.05, 4.69) is 42.7 Å². The number of aliphatic carboxylic acids is 3. The molecule has 0 spiro atoms. The van der Waals surface area contributed by atoms with Crippen LogP contribution >= 0.6 is 0 Å². The van der Waals surface area contributed by atoms with Crippen molar-refractivity contribution < 1.29 is 79.7 Å². The lowest BCUT2D eigenvalue weighted by atomic mass is 10.4. The summed E-state index contributed by atoms with van der Waals surface area (Å²) >= 11 is 0. The number of hydrogen-bond donors (Lipinski definition) is 9. The predicted molar refractivity (Wildman–Crippen MR) is 145 cm³/mol. The molecule has 238 valence electrons. The van der Waals surface area contributed by atoms with E-state index in [1.54, 1.807) is 0 Å². The third-order valence-electron chi connectivity index (χ3n) is 2.65. The molecule has 41 heavy (non-hydrogen) atoms. The highest BCUT2D eigenvalue weighted by Gasteiger charge is 2.06. The third kappa shape index (κ3) is 57.0. The first-order valence-corrected chi connectivity index (χ1v) is 10.8. The van der Waals surface area contributed by atoms with E-state index in [0.29, 0.717) is 0 Å². The molecular formula is C25H42O16. The van der Waals surface area contributed by atoms with Gasteiger partial charge >= 0.3 is 29.8 Å². The molecule has 9 N–H and O–H groups in total. The molecule has 0 aliphatic carbocycles. The van der Waals surface area contributed by atoms with Gasteiger partial charge in [-0.2, -0.15) is 0 Å². The van der Waals surface area contributed by atoms with Crippen LogP contribution in [0.3, 0.4) is 0 Å². The van der Waals surface area contributed by atoms with Crippen molar-refractivity contribution in [3.05, 3.63) is 61.3 Å². The Morgan fingerprint density at radius 1 is 0.585 bits per heavy atom. The van der Waals surface area contributed by atoms with Gasteiger partial charge in [0.1, 0.15) is 12.2 Å². The molecule has 0 amide bonds. The van der Waals surface area contributed by atoms with Crippen molar-refractivity contribution in [2.24, 2.45) is 0 Å². The van der Waals surface area contributed by atoms with Crippen LogP contribution in [0.1, 0.15) is 27.7 Å². The Hall–Kier alpha value is -4.19. The predicted octanol–water partition coefficient (Wildman–Crippen LogP) is -0.645. The van der Waals surface area contributed by atoms with Crippen LogP contribution in [0.4, 0.5) is 0 Å². The molecule has 0 bridgehead atoms. The normalized spacial score (nSPS) is 8.39. The second-order valence-corrected chi connectivity index (χ2v) is 7.05. The van der Waals surface area contributed by atoms with Gasteiger partial charge in [0.05, 0.1) is 26.4 Å². The Morgan fingerprint density at radius 3 is 0.902 bits per heavy atom. The Morgan fingerprint density at radius 2 is 0.805 bits per heavy atom. The van der Waals surface area contributed by atoms with E-state index in [0.717, 1.165) is 6.08 Å². The van der Waals surface area contributed by atoms with Crippen LogP contribution in [0.2, 0.25) is 0 Å². The number of aliphatic hydroxyl groups is 6. The fraction of sp³-hybridized carbons (Fsp3) is 0.400. The van der Waals surface area contributed by atoms with E-state index in [4.69, 9.17) is 46.0 Å². The first kappa shape index (κ1) is 49.7. The maximum Gasteiger partial charge on any atom is 0.381 e. The lowest BCUT2D eigenvalue weighted by molar-refractivity contribution is -0.251. The topological polar surface area (TPSA) is 286 Å². The maximum atomic E-state index is 10.5. The largest absolute Gasteiger partial charge is 0.478 e. The van der Waals surface area contributed by atoms with Crippen molar-refractivity contribution in [3.63, 3.8) is 0 Å². The van der Waals surface area contributed by atoms with Crippen molar-refractivity contribution in [1.82, 2.24) is 0 Å². The first-order valence-electron chi connectivity index (χ1n) is 10.8. The Balaban J connectivity index is -0.0000000917. The van der Waals surface area contributed by atoms with Crippen molar-refractivity contribution in [3.8, 4) is 0 Å². The minimum absolute atomic E-state index is 0.155. The number of carboxylic acid groups (broad SMARTS) is 3. The summed E-state index contributed by atoms with van der Waals surface area (Å²) in [5.41, 5.74) is 0.682. The van der Waals surface area contributed by atoms with E-state index in [1.807, 2.05) is 0 Å². The standard InChI is InChI=1S/C7H8O4.3C4H6O2.2C3H8O3/c1-4-6(8)10-11-7(9)5(2)3;3*1-3(2)4(5)6;2*4-1-3(6)2-5/h4H,1-2H2,3H3;3*1H2,2H3,(H,5,6);2*3-6H,1-2H2. The maximum absolute atomic E-state index is 10.5. The summed E-state index contributed by atoms with van der Waals surface area (Å²) in [4.78, 5) is 57.6. The van der Waals surface area contributed by atoms with Crippen LogP contribution in [0.15, 0.2) is 61.3 Å². The summed E-state index contributed by atoms with van der Waals surface area (Å²) in [6.07, 6.45) is -1.03. The lowest BCUT2D eigenvalue weighted by Gasteiger charge is -1.98. The molecule has 0 radical (unpaired) electrons. The minimum atomic E-state index is -0.954. The smallest absolute Gasteiger partial charge is 0.381 e. The van der Waals surface area contributed by atoms with Crippen molar-refractivity contribution in [2.45, 2.75) is 39.9 Å². The second-order valence-electron chi connectivity index (χ2n) is 7.05. The van der Waals surface area contributed by atoms with Gasteiger partial charge in [0.2, 0.25) is 0 Å². The summed E-state index contributed by atoms with van der Waals surface area (Å²) in [6.45, 7) is 20.1. The molecule has 0 atom stereocenters. The van der Waals surface area contributed by atoms with E-state index in [1.165, 1.54) is 27.7 Å². The molecule has 16 heteroatoms. The lowest BCUT2D eigenvalue weighted by Crippen LogP contribution is -2.15. The minimum Gasteiger partial charge on any atom is -0.478 e. The molecule has 0 aromatic carbocycles. The SMILES string of the molecule is C=C(C)C(=O)O.C=C(C)C(=O)O.C=C(C)C(=O)O.C=CC(=O)OOC(=O)C(=C)C.OCC(O)CO.OCC(O)CO. The van der Waals surface area contributed by atoms with Gasteiger partial charge in [-0.1, -0.05) is 32.9 Å². The number of carbonyl (C=O) groups excluding carboxylic acids is 2. The number of rotatable bonds is 9. The average molecular weight is 599 g/mol. The van der Waals surface area contributed by atoms with Crippen LogP contribution < -0.4 is 0 Å². The molecule has 0 rings (SSSR count). The van der Waals surface area contributed by atoms with Crippen molar-refractivity contribution >= 4 is 29.8 Å². The summed E-state index contributed by atoms with van der Waals surface area (Å²) < 4.78 is 0. The van der Waals surface area contributed by atoms with Crippen LogP contribution in [-0.4, -0.2) is 114 Å². The number of hydrogen-bond acceptors (Lipinski definition) is 13. The summed E-state index contributed by atoms with van der Waals surface area (Å²) in [5, 5.41) is 71.7. The zero-order valence-electron chi connectivity index (χ0n) is 23.5. The summed E-state index contributed by atoms with van der Waals surface area (Å²) in [5.74, 6) is -4.40. The molecular weight excluding hydrogens is 556 g/mol. The van der Waals surface area contributed by atoms with Gasteiger partial charge in [-0.25, -0.2) is 33.7 Å². The molecule has 0 aliphatic rings. The van der Waals surface area contributed by atoms with Gasteiger partial charge in [0.15, 0.2) is 0 Å². The van der Waals surface area contributed by atoms with E-state index >= 15 is 0 Å². The van der Waals surface area contributed by atoms with Crippen LogP contribution in [-0.2, 0) is 33.7 Å². The first-order chi connectivity index (χ1) is 18.6. The molecule has 0 aromatic heterocycles.